The van der Waals surface area contributed by atoms with E-state index in [1.807, 2.05) is 0 Å². The van der Waals surface area contributed by atoms with Gasteiger partial charge in [-0.15, -0.1) is 0 Å². The van der Waals surface area contributed by atoms with E-state index in [0.717, 1.165) is 12.1 Å². The predicted molar refractivity (Wildman–Crippen MR) is 65.5 cm³/mol. The number of halogens is 5. The molecule has 0 heterocycles. The molecule has 5 nitrogen and oxygen atoms in total. The van der Waals surface area contributed by atoms with Crippen molar-refractivity contribution < 1.29 is 39.8 Å². The van der Waals surface area contributed by atoms with Crippen molar-refractivity contribution in [2.24, 2.45) is 5.14 Å². The molecule has 0 aliphatic heterocycles. The molecule has 0 amide bonds. The summed E-state index contributed by atoms with van der Waals surface area (Å²) in [6, 6.07) is 2.55. The Hall–Kier alpha value is -1.62. The number of hydrogen-bond donors (Lipinski definition) is 1. The maximum atomic E-state index is 12.7. The first-order chi connectivity index (χ1) is 9.78. The average molecular weight is 349 g/mol. The number of ether oxygens (including phenoxy) is 2. The number of hydrogen-bond acceptors (Lipinski definition) is 4. The lowest BCUT2D eigenvalue weighted by atomic mass is 10.3. The smallest absolute Gasteiger partial charge is 0.422 e. The van der Waals surface area contributed by atoms with Crippen molar-refractivity contribution in [1.29, 1.82) is 0 Å². The van der Waals surface area contributed by atoms with Gasteiger partial charge < -0.3 is 9.47 Å². The summed E-state index contributed by atoms with van der Waals surface area (Å²) in [7, 11) is -4.44. The molecule has 0 bridgehead atoms. The van der Waals surface area contributed by atoms with E-state index in [0.29, 0.717) is 13.0 Å². The zero-order valence-electron chi connectivity index (χ0n) is 11.2. The van der Waals surface area contributed by atoms with Crippen molar-refractivity contribution in [3.63, 3.8) is 0 Å². The normalized spacial score (nSPS) is 13.0. The van der Waals surface area contributed by atoms with Gasteiger partial charge in [-0.25, -0.2) is 22.3 Å². The van der Waals surface area contributed by atoms with Crippen LogP contribution < -0.4 is 14.6 Å². The van der Waals surface area contributed by atoms with Crippen LogP contribution in [-0.4, -0.2) is 33.7 Å². The standard InChI is InChI=1S/C11H12F5NO4S/c1-10(12,13)5-20-7-2-3-8(21-6-11(14,15)16)9(4-7)22(17,18)19/h2-4H,5-6H2,1H3,(H2,17,18,19). The molecule has 0 radical (unpaired) electrons. The molecule has 0 fully saturated rings. The monoisotopic (exact) mass is 349 g/mol. The highest BCUT2D eigenvalue weighted by molar-refractivity contribution is 7.89. The molecule has 0 saturated carbocycles. The van der Waals surface area contributed by atoms with Gasteiger partial charge in [-0.05, 0) is 12.1 Å². The summed E-state index contributed by atoms with van der Waals surface area (Å²) >= 11 is 0. The number of sulfonamides is 1. The van der Waals surface area contributed by atoms with Crippen LogP contribution >= 0.6 is 0 Å². The maximum Gasteiger partial charge on any atom is 0.422 e. The Bertz CT molecular complexity index is 624. The minimum absolute atomic E-state index is 0.301. The highest BCUT2D eigenvalue weighted by atomic mass is 32.2. The van der Waals surface area contributed by atoms with E-state index in [1.165, 1.54) is 0 Å². The predicted octanol–water partition coefficient (Wildman–Crippen LogP) is 2.31. The molecule has 0 aromatic heterocycles. The Morgan fingerprint density at radius 3 is 2.14 bits per heavy atom. The van der Waals surface area contributed by atoms with Gasteiger partial charge in [-0.3, -0.25) is 0 Å². The summed E-state index contributed by atoms with van der Waals surface area (Å²) in [5.74, 6) is -4.13. The molecule has 0 saturated heterocycles. The quantitative estimate of drug-likeness (QED) is 0.800. The van der Waals surface area contributed by atoms with Crippen molar-refractivity contribution in [3.05, 3.63) is 18.2 Å². The lowest BCUT2D eigenvalue weighted by Gasteiger charge is -2.15. The Morgan fingerprint density at radius 2 is 1.68 bits per heavy atom. The van der Waals surface area contributed by atoms with Crippen LogP contribution in [0.5, 0.6) is 11.5 Å². The van der Waals surface area contributed by atoms with Gasteiger partial charge in [0.15, 0.2) is 13.2 Å². The molecule has 1 aromatic rings. The molecule has 1 rings (SSSR count). The molecular weight excluding hydrogens is 337 g/mol. The van der Waals surface area contributed by atoms with Crippen molar-refractivity contribution >= 4 is 10.0 Å². The fraction of sp³-hybridized carbons (Fsp3) is 0.455. The molecule has 0 atom stereocenters. The number of rotatable bonds is 6. The fourth-order valence-electron chi connectivity index (χ4n) is 1.29. The molecule has 0 aliphatic rings. The highest BCUT2D eigenvalue weighted by Gasteiger charge is 2.30. The van der Waals surface area contributed by atoms with Gasteiger partial charge in [0.05, 0.1) is 0 Å². The second kappa shape index (κ2) is 6.24. The van der Waals surface area contributed by atoms with Crippen LogP contribution in [0.15, 0.2) is 23.1 Å². The van der Waals surface area contributed by atoms with Crippen LogP contribution in [0.1, 0.15) is 6.92 Å². The van der Waals surface area contributed by atoms with E-state index in [-0.39, 0.29) is 5.75 Å². The van der Waals surface area contributed by atoms with E-state index in [9.17, 15) is 30.4 Å². The number of benzene rings is 1. The second-order valence-electron chi connectivity index (χ2n) is 4.42. The molecule has 0 unspecified atom stereocenters. The first kappa shape index (κ1) is 18.4. The van der Waals surface area contributed by atoms with E-state index >= 15 is 0 Å². The Labute approximate surface area is 122 Å². The number of alkyl halides is 5. The largest absolute Gasteiger partial charge is 0.487 e. The summed E-state index contributed by atoms with van der Waals surface area (Å²) in [5, 5.41) is 4.86. The van der Waals surface area contributed by atoms with Gasteiger partial charge in [0.1, 0.15) is 16.4 Å². The summed E-state index contributed by atoms with van der Waals surface area (Å²) in [6.07, 6.45) is -4.69. The Balaban J connectivity index is 3.04. The molecule has 22 heavy (non-hydrogen) atoms. The van der Waals surface area contributed by atoms with Gasteiger partial charge in [0, 0.05) is 13.0 Å². The Morgan fingerprint density at radius 1 is 1.09 bits per heavy atom. The maximum absolute atomic E-state index is 12.7. The minimum Gasteiger partial charge on any atom is -0.487 e. The third kappa shape index (κ3) is 6.43. The summed E-state index contributed by atoms with van der Waals surface area (Å²) in [6.45, 7) is -2.20. The van der Waals surface area contributed by atoms with E-state index < -0.39 is 46.0 Å². The average Bonchev–Trinajstić information content (AvgIpc) is 2.31. The highest BCUT2D eigenvalue weighted by Crippen LogP contribution is 2.29. The minimum atomic E-state index is -4.69. The first-order valence-corrected chi connectivity index (χ1v) is 7.20. The van der Waals surface area contributed by atoms with Crippen molar-refractivity contribution in [2.75, 3.05) is 13.2 Å². The molecule has 0 spiro atoms. The molecule has 126 valence electrons. The van der Waals surface area contributed by atoms with Gasteiger partial charge in [0.25, 0.3) is 5.92 Å². The van der Waals surface area contributed by atoms with Crippen LogP contribution in [-0.2, 0) is 10.0 Å². The van der Waals surface area contributed by atoms with Gasteiger partial charge in [-0.2, -0.15) is 13.2 Å². The number of primary sulfonamides is 1. The zero-order valence-corrected chi connectivity index (χ0v) is 12.0. The van der Waals surface area contributed by atoms with Crippen molar-refractivity contribution in [3.8, 4) is 11.5 Å². The van der Waals surface area contributed by atoms with Crippen LogP contribution in [0.3, 0.4) is 0 Å². The zero-order chi connectivity index (χ0) is 17.2. The lowest BCUT2D eigenvalue weighted by molar-refractivity contribution is -0.153. The molecule has 0 aliphatic carbocycles. The van der Waals surface area contributed by atoms with Crippen LogP contribution in [0.4, 0.5) is 22.0 Å². The topological polar surface area (TPSA) is 78.6 Å². The molecule has 2 N–H and O–H groups in total. The van der Waals surface area contributed by atoms with Crippen molar-refractivity contribution in [2.45, 2.75) is 23.9 Å². The molecule has 11 heteroatoms. The van der Waals surface area contributed by atoms with Crippen molar-refractivity contribution in [1.82, 2.24) is 0 Å². The SMILES string of the molecule is CC(F)(F)COc1ccc(OCC(F)(F)F)c(S(N)(=O)=O)c1. The fourth-order valence-corrected chi connectivity index (χ4v) is 1.98. The van der Waals surface area contributed by atoms with E-state index in [4.69, 9.17) is 5.14 Å². The van der Waals surface area contributed by atoms with Gasteiger partial charge in [-0.1, -0.05) is 0 Å². The first-order valence-electron chi connectivity index (χ1n) is 5.65. The summed E-state index contributed by atoms with van der Waals surface area (Å²) in [5.41, 5.74) is 0. The Kier molecular flexibility index (Phi) is 5.23. The van der Waals surface area contributed by atoms with Crippen LogP contribution in [0.25, 0.3) is 0 Å². The molecular formula is C11H12F5NO4S. The third-order valence-corrected chi connectivity index (χ3v) is 3.04. The second-order valence-corrected chi connectivity index (χ2v) is 5.95. The summed E-state index contributed by atoms with van der Waals surface area (Å²) in [4.78, 5) is -0.798. The van der Waals surface area contributed by atoms with E-state index in [1.54, 1.807) is 0 Å². The number of nitrogens with two attached hydrogens (primary N) is 1. The van der Waals surface area contributed by atoms with E-state index in [2.05, 4.69) is 9.47 Å². The van der Waals surface area contributed by atoms with Crippen LogP contribution in [0, 0.1) is 0 Å². The molecule has 1 aromatic carbocycles. The lowest BCUT2D eigenvalue weighted by Crippen LogP contribution is -2.22. The third-order valence-electron chi connectivity index (χ3n) is 2.11. The van der Waals surface area contributed by atoms with Crippen LogP contribution in [0.2, 0.25) is 0 Å². The van der Waals surface area contributed by atoms with Gasteiger partial charge in [0.2, 0.25) is 10.0 Å². The summed E-state index contributed by atoms with van der Waals surface area (Å²) < 4.78 is 93.3. The van der Waals surface area contributed by atoms with Gasteiger partial charge >= 0.3 is 6.18 Å².